The number of hydrogen-bond acceptors (Lipinski definition) is 4. The van der Waals surface area contributed by atoms with Gasteiger partial charge in [0.2, 0.25) is 0 Å². The van der Waals surface area contributed by atoms with Crippen molar-refractivity contribution in [1.29, 1.82) is 0 Å². The molecule has 0 spiro atoms. The Hall–Kier alpha value is -1.46. The summed E-state index contributed by atoms with van der Waals surface area (Å²) in [6, 6.07) is 6.06. The lowest BCUT2D eigenvalue weighted by atomic mass is 10.1. The van der Waals surface area contributed by atoms with Crippen molar-refractivity contribution < 1.29 is 0 Å². The zero-order valence-corrected chi connectivity index (χ0v) is 12.6. The summed E-state index contributed by atoms with van der Waals surface area (Å²) in [5.74, 6) is 0. The van der Waals surface area contributed by atoms with Crippen molar-refractivity contribution >= 4 is 21.6 Å². The van der Waals surface area contributed by atoms with E-state index >= 15 is 0 Å². The first-order chi connectivity index (χ1) is 9.11. The molecule has 3 N–H and O–H groups in total. The molecule has 2 rings (SSSR count). The predicted molar refractivity (Wildman–Crippen MR) is 81.1 cm³/mol. The zero-order valence-electron chi connectivity index (χ0n) is 11.0. The second-order valence-electron chi connectivity index (χ2n) is 4.49. The van der Waals surface area contributed by atoms with Gasteiger partial charge in [-0.3, -0.25) is 0 Å². The number of halogens is 1. The van der Waals surface area contributed by atoms with Gasteiger partial charge in [0.25, 0.3) is 0 Å². The van der Waals surface area contributed by atoms with Crippen molar-refractivity contribution in [3.8, 4) is 0 Å². The molecule has 0 aliphatic heterocycles. The minimum atomic E-state index is -0.0111. The Morgan fingerprint density at radius 1 is 1.32 bits per heavy atom. The molecular weight excluding hydrogens is 304 g/mol. The molecule has 1 aromatic heterocycles. The highest BCUT2D eigenvalue weighted by Crippen LogP contribution is 2.26. The molecular formula is C14H17BrN4. The number of aryl methyl sites for hydroxylation is 2. The molecule has 0 radical (unpaired) electrons. The number of aromatic nitrogens is 2. The first kappa shape index (κ1) is 14.0. The minimum absolute atomic E-state index is 0.0111. The molecule has 100 valence electrons. The SMILES string of the molecule is Cc1cc(NC(CN)c2ccncn2)cc(C)c1Br. The molecule has 1 aromatic carbocycles. The van der Waals surface area contributed by atoms with Crippen molar-refractivity contribution in [3.63, 3.8) is 0 Å². The minimum Gasteiger partial charge on any atom is -0.375 e. The highest BCUT2D eigenvalue weighted by atomic mass is 79.9. The fraction of sp³-hybridized carbons (Fsp3) is 0.286. The van der Waals surface area contributed by atoms with Crippen molar-refractivity contribution in [2.75, 3.05) is 11.9 Å². The highest BCUT2D eigenvalue weighted by Gasteiger charge is 2.11. The predicted octanol–water partition coefficient (Wildman–Crippen LogP) is 2.97. The molecule has 1 heterocycles. The number of anilines is 1. The molecule has 19 heavy (non-hydrogen) atoms. The molecule has 5 heteroatoms. The molecule has 0 aliphatic carbocycles. The van der Waals surface area contributed by atoms with E-state index in [4.69, 9.17) is 5.73 Å². The van der Waals surface area contributed by atoms with Crippen LogP contribution in [-0.4, -0.2) is 16.5 Å². The molecule has 2 aromatic rings. The maximum Gasteiger partial charge on any atom is 0.115 e. The number of nitrogens with one attached hydrogen (secondary N) is 1. The van der Waals surface area contributed by atoms with E-state index in [-0.39, 0.29) is 6.04 Å². The van der Waals surface area contributed by atoms with Gasteiger partial charge in [0, 0.05) is 22.9 Å². The van der Waals surface area contributed by atoms with Crippen LogP contribution in [0.5, 0.6) is 0 Å². The van der Waals surface area contributed by atoms with Gasteiger partial charge in [-0.25, -0.2) is 9.97 Å². The van der Waals surface area contributed by atoms with Crippen LogP contribution in [0.15, 0.2) is 35.2 Å². The van der Waals surface area contributed by atoms with Crippen LogP contribution < -0.4 is 11.1 Å². The quantitative estimate of drug-likeness (QED) is 0.909. The van der Waals surface area contributed by atoms with Crippen molar-refractivity contribution in [2.24, 2.45) is 5.73 Å². The van der Waals surface area contributed by atoms with Gasteiger partial charge >= 0.3 is 0 Å². The van der Waals surface area contributed by atoms with E-state index in [9.17, 15) is 0 Å². The van der Waals surface area contributed by atoms with Gasteiger partial charge in [-0.05, 0) is 43.2 Å². The summed E-state index contributed by atoms with van der Waals surface area (Å²) < 4.78 is 1.14. The van der Waals surface area contributed by atoms with Gasteiger partial charge in [-0.1, -0.05) is 15.9 Å². The maximum absolute atomic E-state index is 5.83. The Kier molecular flexibility index (Phi) is 4.50. The molecule has 0 bridgehead atoms. The number of nitrogens with zero attached hydrogens (tertiary/aromatic N) is 2. The molecule has 4 nitrogen and oxygen atoms in total. The Bertz CT molecular complexity index is 534. The van der Waals surface area contributed by atoms with Crippen LogP contribution in [0.25, 0.3) is 0 Å². The average molecular weight is 321 g/mol. The Morgan fingerprint density at radius 2 is 2.00 bits per heavy atom. The van der Waals surface area contributed by atoms with Crippen LogP contribution in [0.2, 0.25) is 0 Å². The number of benzene rings is 1. The summed E-state index contributed by atoms with van der Waals surface area (Å²) in [5, 5.41) is 3.42. The van der Waals surface area contributed by atoms with E-state index < -0.39 is 0 Å². The maximum atomic E-state index is 5.83. The number of nitrogens with two attached hydrogens (primary N) is 1. The topological polar surface area (TPSA) is 63.8 Å². The van der Waals surface area contributed by atoms with Crippen LogP contribution in [0.4, 0.5) is 5.69 Å². The molecule has 1 unspecified atom stereocenters. The third-order valence-corrected chi connectivity index (χ3v) is 4.23. The Morgan fingerprint density at radius 3 is 2.53 bits per heavy atom. The number of rotatable bonds is 4. The summed E-state index contributed by atoms with van der Waals surface area (Å²) >= 11 is 3.57. The van der Waals surface area contributed by atoms with Crippen molar-refractivity contribution in [3.05, 3.63) is 52.0 Å². The largest absolute Gasteiger partial charge is 0.375 e. The van der Waals surface area contributed by atoms with E-state index in [1.165, 1.54) is 17.5 Å². The molecule has 0 fully saturated rings. The second kappa shape index (κ2) is 6.12. The molecule has 0 aliphatic rings. The summed E-state index contributed by atoms with van der Waals surface area (Å²) in [6.07, 6.45) is 3.27. The zero-order chi connectivity index (χ0) is 13.8. The van der Waals surface area contributed by atoms with Crippen LogP contribution in [0.1, 0.15) is 22.9 Å². The lowest BCUT2D eigenvalue weighted by Gasteiger charge is -2.18. The standard InChI is InChI=1S/C14H17BrN4/c1-9-5-11(6-10(2)14(9)15)19-13(7-16)12-3-4-17-8-18-12/h3-6,8,13,19H,7,16H2,1-2H3. The second-order valence-corrected chi connectivity index (χ2v) is 5.28. The summed E-state index contributed by atoms with van der Waals surface area (Å²) in [6.45, 7) is 4.62. The fourth-order valence-electron chi connectivity index (χ4n) is 1.99. The third kappa shape index (κ3) is 3.30. The lowest BCUT2D eigenvalue weighted by Crippen LogP contribution is -2.21. The van der Waals surface area contributed by atoms with Crippen LogP contribution >= 0.6 is 15.9 Å². The number of hydrogen-bond donors (Lipinski definition) is 2. The van der Waals surface area contributed by atoms with Crippen LogP contribution in [0.3, 0.4) is 0 Å². The third-order valence-electron chi connectivity index (χ3n) is 2.97. The Balaban J connectivity index is 2.24. The monoisotopic (exact) mass is 320 g/mol. The van der Waals surface area contributed by atoms with Gasteiger partial charge < -0.3 is 11.1 Å². The van der Waals surface area contributed by atoms with Crippen LogP contribution in [0, 0.1) is 13.8 Å². The lowest BCUT2D eigenvalue weighted by molar-refractivity contribution is 0.755. The van der Waals surface area contributed by atoms with Crippen molar-refractivity contribution in [1.82, 2.24) is 9.97 Å². The molecule has 0 amide bonds. The molecule has 0 saturated carbocycles. The average Bonchev–Trinajstić information content (AvgIpc) is 2.43. The fourth-order valence-corrected chi connectivity index (χ4v) is 2.22. The van der Waals surface area contributed by atoms with Gasteiger partial charge in [-0.15, -0.1) is 0 Å². The van der Waals surface area contributed by atoms with Gasteiger partial charge in [0.05, 0.1) is 11.7 Å². The summed E-state index contributed by atoms with van der Waals surface area (Å²) in [5.41, 5.74) is 10.2. The van der Waals surface area contributed by atoms with E-state index in [0.29, 0.717) is 6.54 Å². The van der Waals surface area contributed by atoms with Gasteiger partial charge in [-0.2, -0.15) is 0 Å². The van der Waals surface area contributed by atoms with Gasteiger partial charge in [0.1, 0.15) is 6.33 Å². The van der Waals surface area contributed by atoms with E-state index in [0.717, 1.165) is 15.9 Å². The summed E-state index contributed by atoms with van der Waals surface area (Å²) in [7, 11) is 0. The molecule has 1 atom stereocenters. The first-order valence-corrected chi connectivity index (χ1v) is 6.90. The normalized spacial score (nSPS) is 12.2. The van der Waals surface area contributed by atoms with Crippen molar-refractivity contribution in [2.45, 2.75) is 19.9 Å². The molecule has 0 saturated heterocycles. The highest BCUT2D eigenvalue weighted by molar-refractivity contribution is 9.10. The first-order valence-electron chi connectivity index (χ1n) is 6.11. The Labute approximate surface area is 121 Å². The van der Waals surface area contributed by atoms with Crippen LogP contribution in [-0.2, 0) is 0 Å². The van der Waals surface area contributed by atoms with E-state index in [2.05, 4.69) is 57.2 Å². The van der Waals surface area contributed by atoms with E-state index in [1.807, 2.05) is 6.07 Å². The summed E-state index contributed by atoms with van der Waals surface area (Å²) in [4.78, 5) is 8.17. The van der Waals surface area contributed by atoms with Gasteiger partial charge in [0.15, 0.2) is 0 Å². The smallest absolute Gasteiger partial charge is 0.115 e. The van der Waals surface area contributed by atoms with E-state index in [1.54, 1.807) is 6.20 Å².